The number of aliphatic hydroxyl groups excluding tert-OH is 1. The number of nitrogens with zero attached hydrogens (tertiary/aromatic N) is 2. The van der Waals surface area contributed by atoms with Gasteiger partial charge in [0.2, 0.25) is 0 Å². The van der Waals surface area contributed by atoms with Crippen LogP contribution in [0.1, 0.15) is 17.4 Å². The van der Waals surface area contributed by atoms with E-state index in [1.54, 1.807) is 39.3 Å². The minimum absolute atomic E-state index is 0.427. The topological polar surface area (TPSA) is 65.7 Å². The molecular formula is C15H20N2O4. The number of rotatable bonds is 6. The number of aromatic nitrogens is 2. The molecule has 2 rings (SSSR count). The Balaban J connectivity index is 2.23. The van der Waals surface area contributed by atoms with Crippen molar-refractivity contribution in [2.75, 3.05) is 21.3 Å². The first-order valence-corrected chi connectivity index (χ1v) is 6.55. The summed E-state index contributed by atoms with van der Waals surface area (Å²) in [6.45, 7) is 0. The molecular weight excluding hydrogens is 272 g/mol. The molecule has 0 amide bonds. The molecule has 6 heteroatoms. The van der Waals surface area contributed by atoms with Gasteiger partial charge in [-0.3, -0.25) is 4.68 Å². The smallest absolute Gasteiger partial charge is 0.162 e. The third-order valence-electron chi connectivity index (χ3n) is 3.36. The van der Waals surface area contributed by atoms with Gasteiger partial charge in [0, 0.05) is 13.5 Å². The molecule has 1 atom stereocenters. The summed E-state index contributed by atoms with van der Waals surface area (Å²) in [7, 11) is 6.51. The highest BCUT2D eigenvalue weighted by molar-refractivity contribution is 5.43. The van der Waals surface area contributed by atoms with Gasteiger partial charge in [-0.25, -0.2) is 0 Å². The predicted molar refractivity (Wildman–Crippen MR) is 78.0 cm³/mol. The Bertz CT molecular complexity index is 610. The first-order chi connectivity index (χ1) is 10.1. The van der Waals surface area contributed by atoms with E-state index in [0.29, 0.717) is 29.4 Å². The van der Waals surface area contributed by atoms with Crippen LogP contribution in [0, 0.1) is 0 Å². The number of hydrogen-bond acceptors (Lipinski definition) is 5. The lowest BCUT2D eigenvalue weighted by Gasteiger charge is -2.14. The summed E-state index contributed by atoms with van der Waals surface area (Å²) in [5.74, 6) is 1.87. The third-order valence-corrected chi connectivity index (χ3v) is 3.36. The molecule has 1 aromatic carbocycles. The Kier molecular flexibility index (Phi) is 4.70. The van der Waals surface area contributed by atoms with E-state index < -0.39 is 6.10 Å². The zero-order chi connectivity index (χ0) is 15.4. The molecule has 0 aliphatic carbocycles. The van der Waals surface area contributed by atoms with Gasteiger partial charge >= 0.3 is 0 Å². The zero-order valence-electron chi connectivity index (χ0n) is 12.7. The molecule has 0 fully saturated rings. The van der Waals surface area contributed by atoms with E-state index in [1.807, 2.05) is 18.2 Å². The maximum Gasteiger partial charge on any atom is 0.162 e. The number of hydrogen-bond donors (Lipinski definition) is 1. The van der Waals surface area contributed by atoms with Crippen LogP contribution in [-0.4, -0.2) is 36.2 Å². The second kappa shape index (κ2) is 6.49. The van der Waals surface area contributed by atoms with Crippen molar-refractivity contribution in [2.45, 2.75) is 12.5 Å². The summed E-state index contributed by atoms with van der Waals surface area (Å²) >= 11 is 0. The van der Waals surface area contributed by atoms with Crippen molar-refractivity contribution in [1.82, 2.24) is 9.78 Å². The van der Waals surface area contributed by atoms with Crippen LogP contribution in [0.4, 0.5) is 0 Å². The summed E-state index contributed by atoms with van der Waals surface area (Å²) in [5.41, 5.74) is 1.58. The Morgan fingerprint density at radius 1 is 1.10 bits per heavy atom. The van der Waals surface area contributed by atoms with Crippen LogP contribution in [0.15, 0.2) is 24.4 Å². The molecule has 114 valence electrons. The zero-order valence-corrected chi connectivity index (χ0v) is 12.7. The van der Waals surface area contributed by atoms with E-state index >= 15 is 0 Å². The van der Waals surface area contributed by atoms with Crippen molar-refractivity contribution >= 4 is 0 Å². The summed E-state index contributed by atoms with van der Waals surface area (Å²) in [6.07, 6.45) is 1.30. The van der Waals surface area contributed by atoms with Crippen molar-refractivity contribution in [3.63, 3.8) is 0 Å². The van der Waals surface area contributed by atoms with Crippen LogP contribution in [0.25, 0.3) is 0 Å². The molecule has 1 heterocycles. The van der Waals surface area contributed by atoms with Crippen LogP contribution in [0.3, 0.4) is 0 Å². The normalized spacial score (nSPS) is 12.0. The van der Waals surface area contributed by atoms with Crippen molar-refractivity contribution in [1.29, 1.82) is 0 Å². The lowest BCUT2D eigenvalue weighted by molar-refractivity contribution is 0.164. The fourth-order valence-corrected chi connectivity index (χ4v) is 2.29. The van der Waals surface area contributed by atoms with Crippen LogP contribution in [0.2, 0.25) is 0 Å². The second-order valence-electron chi connectivity index (χ2n) is 4.63. The molecule has 1 unspecified atom stereocenters. The minimum Gasteiger partial charge on any atom is -0.493 e. The summed E-state index contributed by atoms with van der Waals surface area (Å²) < 4.78 is 17.3. The molecule has 1 N–H and O–H groups in total. The quantitative estimate of drug-likeness (QED) is 0.878. The Morgan fingerprint density at radius 3 is 2.38 bits per heavy atom. The molecule has 0 saturated heterocycles. The molecule has 0 spiro atoms. The first kappa shape index (κ1) is 15.2. The number of benzene rings is 1. The highest BCUT2D eigenvalue weighted by atomic mass is 16.5. The van der Waals surface area contributed by atoms with Crippen LogP contribution in [-0.2, 0) is 13.5 Å². The van der Waals surface area contributed by atoms with Crippen molar-refractivity contribution in [3.05, 3.63) is 35.7 Å². The van der Waals surface area contributed by atoms with Crippen molar-refractivity contribution in [2.24, 2.45) is 7.05 Å². The fraction of sp³-hybridized carbons (Fsp3) is 0.400. The van der Waals surface area contributed by atoms with Gasteiger partial charge in [0.1, 0.15) is 11.8 Å². The van der Waals surface area contributed by atoms with E-state index in [9.17, 15) is 5.11 Å². The number of methoxy groups -OCH3 is 3. The van der Waals surface area contributed by atoms with Crippen LogP contribution < -0.4 is 14.2 Å². The van der Waals surface area contributed by atoms with Crippen molar-refractivity contribution in [3.8, 4) is 17.2 Å². The molecule has 21 heavy (non-hydrogen) atoms. The summed E-state index contributed by atoms with van der Waals surface area (Å²) in [6, 6.07) is 5.57. The van der Waals surface area contributed by atoms with Crippen molar-refractivity contribution < 1.29 is 19.3 Å². The Hall–Kier alpha value is -2.21. The number of aliphatic hydroxyl groups is 1. The Morgan fingerprint density at radius 2 is 1.76 bits per heavy atom. The predicted octanol–water partition coefficient (Wildman–Crippen LogP) is 1.72. The van der Waals surface area contributed by atoms with Gasteiger partial charge in [-0.1, -0.05) is 6.07 Å². The molecule has 0 saturated carbocycles. The summed E-state index contributed by atoms with van der Waals surface area (Å²) in [5, 5.41) is 14.5. The van der Waals surface area contributed by atoms with Gasteiger partial charge in [0.25, 0.3) is 0 Å². The van der Waals surface area contributed by atoms with Gasteiger partial charge in [-0.2, -0.15) is 5.10 Å². The SMILES string of the molecule is COc1ccc(CC(O)c2c(OC)cnn2C)cc1OC. The van der Waals surface area contributed by atoms with Crippen LogP contribution >= 0.6 is 0 Å². The molecule has 0 bridgehead atoms. The van der Waals surface area contributed by atoms with Gasteiger partial charge in [0.15, 0.2) is 17.2 Å². The molecule has 0 aliphatic rings. The molecule has 6 nitrogen and oxygen atoms in total. The maximum absolute atomic E-state index is 10.4. The minimum atomic E-state index is -0.717. The van der Waals surface area contributed by atoms with Crippen LogP contribution in [0.5, 0.6) is 17.2 Å². The highest BCUT2D eigenvalue weighted by Crippen LogP contribution is 2.31. The average Bonchev–Trinajstić information content (AvgIpc) is 2.88. The van der Waals surface area contributed by atoms with E-state index in [-0.39, 0.29) is 0 Å². The standard InChI is InChI=1S/C15H20N2O4/c1-17-15(14(21-4)9-16-17)11(18)7-10-5-6-12(19-2)13(8-10)20-3/h5-6,8-9,11,18H,7H2,1-4H3. The van der Waals surface area contributed by atoms with E-state index in [1.165, 1.54) is 0 Å². The van der Waals surface area contributed by atoms with Gasteiger partial charge in [-0.15, -0.1) is 0 Å². The maximum atomic E-state index is 10.4. The van der Waals surface area contributed by atoms with Gasteiger partial charge in [-0.05, 0) is 17.7 Å². The third kappa shape index (κ3) is 3.11. The summed E-state index contributed by atoms with van der Waals surface area (Å²) in [4.78, 5) is 0. The number of aryl methyl sites for hydroxylation is 1. The number of ether oxygens (including phenoxy) is 3. The average molecular weight is 292 g/mol. The largest absolute Gasteiger partial charge is 0.493 e. The Labute approximate surface area is 123 Å². The van der Waals surface area contributed by atoms with Gasteiger partial charge < -0.3 is 19.3 Å². The van der Waals surface area contributed by atoms with E-state index in [0.717, 1.165) is 5.56 Å². The van der Waals surface area contributed by atoms with E-state index in [2.05, 4.69) is 5.10 Å². The molecule has 0 radical (unpaired) electrons. The van der Waals surface area contributed by atoms with E-state index in [4.69, 9.17) is 14.2 Å². The highest BCUT2D eigenvalue weighted by Gasteiger charge is 2.19. The molecule has 1 aromatic heterocycles. The molecule has 2 aromatic rings. The monoisotopic (exact) mass is 292 g/mol. The first-order valence-electron chi connectivity index (χ1n) is 6.55. The fourth-order valence-electron chi connectivity index (χ4n) is 2.29. The lowest BCUT2D eigenvalue weighted by atomic mass is 10.0. The molecule has 0 aliphatic heterocycles. The second-order valence-corrected chi connectivity index (χ2v) is 4.63. The van der Waals surface area contributed by atoms with Gasteiger partial charge in [0.05, 0.1) is 27.5 Å². The lowest BCUT2D eigenvalue weighted by Crippen LogP contribution is -2.09.